The molecule has 3 heterocycles. The smallest absolute Gasteiger partial charge is 0.129 e. The second-order valence-electron chi connectivity index (χ2n) is 7.44. The third-order valence-electron chi connectivity index (χ3n) is 4.19. The Labute approximate surface area is 127 Å². The van der Waals surface area contributed by atoms with E-state index in [4.69, 9.17) is 9.72 Å². The van der Waals surface area contributed by atoms with Crippen LogP contribution in [-0.4, -0.2) is 35.8 Å². The Bertz CT molecular complexity index is 497. The number of pyridine rings is 1. The van der Waals surface area contributed by atoms with E-state index in [2.05, 4.69) is 50.0 Å². The van der Waals surface area contributed by atoms with E-state index < -0.39 is 0 Å². The monoisotopic (exact) mass is 289 g/mol. The van der Waals surface area contributed by atoms with Crippen LogP contribution in [0.4, 0.5) is 5.82 Å². The average Bonchev–Trinajstić information content (AvgIpc) is 2.74. The minimum Gasteiger partial charge on any atom is -0.371 e. The van der Waals surface area contributed by atoms with Gasteiger partial charge in [0, 0.05) is 30.9 Å². The van der Waals surface area contributed by atoms with E-state index in [0.717, 1.165) is 31.1 Å². The van der Waals surface area contributed by atoms with Crippen LogP contribution in [0, 0.1) is 6.92 Å². The molecule has 0 radical (unpaired) electrons. The van der Waals surface area contributed by atoms with E-state index in [1.54, 1.807) is 0 Å². The van der Waals surface area contributed by atoms with Gasteiger partial charge in [-0.05, 0) is 58.2 Å². The zero-order chi connectivity index (χ0) is 15.0. The molecule has 2 fully saturated rings. The molecule has 0 aromatic carbocycles. The fourth-order valence-corrected chi connectivity index (χ4v) is 3.15. The number of hydrogen-bond donors (Lipinski definition) is 1. The second-order valence-corrected chi connectivity index (χ2v) is 7.44. The van der Waals surface area contributed by atoms with Crippen molar-refractivity contribution in [3.05, 3.63) is 23.4 Å². The second kappa shape index (κ2) is 5.58. The average molecular weight is 289 g/mol. The summed E-state index contributed by atoms with van der Waals surface area (Å²) >= 11 is 0. The molecule has 0 spiro atoms. The minimum atomic E-state index is 0.134. The number of rotatable bonds is 3. The van der Waals surface area contributed by atoms with Crippen molar-refractivity contribution >= 4 is 5.82 Å². The van der Waals surface area contributed by atoms with E-state index in [1.807, 2.05) is 0 Å². The lowest BCUT2D eigenvalue weighted by molar-refractivity contribution is 0.0302. The van der Waals surface area contributed by atoms with Crippen molar-refractivity contribution in [2.75, 3.05) is 18.0 Å². The fraction of sp³-hybridized carbons (Fsp3) is 0.706. The number of nitrogens with zero attached hydrogens (tertiary/aromatic N) is 2. The number of nitrogens with one attached hydrogen (secondary N) is 1. The van der Waals surface area contributed by atoms with Gasteiger partial charge in [0.05, 0.1) is 12.2 Å². The normalized spacial score (nSPS) is 25.4. The summed E-state index contributed by atoms with van der Waals surface area (Å²) in [4.78, 5) is 7.14. The Morgan fingerprint density at radius 2 is 1.90 bits per heavy atom. The van der Waals surface area contributed by atoms with Crippen LogP contribution in [0.25, 0.3) is 0 Å². The van der Waals surface area contributed by atoms with Gasteiger partial charge in [0.15, 0.2) is 0 Å². The molecule has 4 nitrogen and oxygen atoms in total. The molecule has 1 N–H and O–H groups in total. The molecule has 2 bridgehead atoms. The zero-order valence-electron chi connectivity index (χ0n) is 13.6. The summed E-state index contributed by atoms with van der Waals surface area (Å²) in [6.07, 6.45) is 3.21. The molecule has 21 heavy (non-hydrogen) atoms. The first-order valence-corrected chi connectivity index (χ1v) is 8.02. The Morgan fingerprint density at radius 1 is 1.24 bits per heavy atom. The fourth-order valence-electron chi connectivity index (χ4n) is 3.15. The molecular weight excluding hydrogens is 262 g/mol. The molecule has 2 saturated heterocycles. The Hall–Kier alpha value is -1.13. The van der Waals surface area contributed by atoms with Crippen molar-refractivity contribution in [1.82, 2.24) is 10.3 Å². The molecule has 0 amide bonds. The summed E-state index contributed by atoms with van der Waals surface area (Å²) in [5.41, 5.74) is 2.54. The number of anilines is 1. The summed E-state index contributed by atoms with van der Waals surface area (Å²) in [5, 5.41) is 3.55. The van der Waals surface area contributed by atoms with E-state index in [-0.39, 0.29) is 5.54 Å². The SMILES string of the molecule is Cc1cc(CNC(C)(C)C)cc(N2CC3CCC(C2)O3)n1. The van der Waals surface area contributed by atoms with Crippen LogP contribution in [0.15, 0.2) is 12.1 Å². The van der Waals surface area contributed by atoms with Crippen molar-refractivity contribution in [3.63, 3.8) is 0 Å². The number of aryl methyl sites for hydroxylation is 1. The van der Waals surface area contributed by atoms with Crippen LogP contribution in [0.1, 0.15) is 44.9 Å². The highest BCUT2D eigenvalue weighted by Crippen LogP contribution is 2.29. The van der Waals surface area contributed by atoms with Gasteiger partial charge in [-0.2, -0.15) is 0 Å². The maximum absolute atomic E-state index is 5.92. The van der Waals surface area contributed by atoms with Crippen molar-refractivity contribution in [2.45, 2.75) is 64.8 Å². The number of ether oxygens (including phenoxy) is 1. The topological polar surface area (TPSA) is 37.4 Å². The summed E-state index contributed by atoms with van der Waals surface area (Å²) in [6, 6.07) is 4.41. The lowest BCUT2D eigenvalue weighted by Gasteiger charge is -2.33. The van der Waals surface area contributed by atoms with Gasteiger partial charge in [-0.3, -0.25) is 0 Å². The third-order valence-corrected chi connectivity index (χ3v) is 4.19. The van der Waals surface area contributed by atoms with Gasteiger partial charge in [-0.15, -0.1) is 0 Å². The van der Waals surface area contributed by atoms with Gasteiger partial charge >= 0.3 is 0 Å². The van der Waals surface area contributed by atoms with Gasteiger partial charge in [-0.25, -0.2) is 4.98 Å². The number of morpholine rings is 1. The molecule has 1 aromatic heterocycles. The zero-order valence-corrected chi connectivity index (χ0v) is 13.6. The van der Waals surface area contributed by atoms with Crippen molar-refractivity contribution in [3.8, 4) is 0 Å². The molecule has 2 aliphatic rings. The lowest BCUT2D eigenvalue weighted by Crippen LogP contribution is -2.43. The van der Waals surface area contributed by atoms with Crippen LogP contribution in [0.5, 0.6) is 0 Å². The number of fused-ring (bicyclic) bond motifs is 2. The first kappa shape index (κ1) is 14.8. The van der Waals surface area contributed by atoms with Crippen molar-refractivity contribution in [2.24, 2.45) is 0 Å². The Balaban J connectivity index is 1.74. The van der Waals surface area contributed by atoms with E-state index in [0.29, 0.717) is 12.2 Å². The molecule has 116 valence electrons. The molecule has 4 heteroatoms. The van der Waals surface area contributed by atoms with Crippen LogP contribution < -0.4 is 10.2 Å². The lowest BCUT2D eigenvalue weighted by atomic mass is 10.1. The molecule has 2 aliphatic heterocycles. The molecule has 1 aromatic rings. The highest BCUT2D eigenvalue weighted by Gasteiger charge is 2.34. The van der Waals surface area contributed by atoms with Crippen LogP contribution in [0.2, 0.25) is 0 Å². The first-order valence-electron chi connectivity index (χ1n) is 8.02. The largest absolute Gasteiger partial charge is 0.371 e. The molecule has 0 aliphatic carbocycles. The van der Waals surface area contributed by atoms with E-state index in [9.17, 15) is 0 Å². The highest BCUT2D eigenvalue weighted by molar-refractivity contribution is 5.44. The minimum absolute atomic E-state index is 0.134. The molecular formula is C17H27N3O. The predicted molar refractivity (Wildman–Crippen MR) is 85.7 cm³/mol. The van der Waals surface area contributed by atoms with E-state index >= 15 is 0 Å². The molecule has 0 saturated carbocycles. The third kappa shape index (κ3) is 3.74. The maximum Gasteiger partial charge on any atom is 0.129 e. The first-order chi connectivity index (χ1) is 9.89. The molecule has 2 atom stereocenters. The van der Waals surface area contributed by atoms with Crippen LogP contribution in [0.3, 0.4) is 0 Å². The Morgan fingerprint density at radius 3 is 2.52 bits per heavy atom. The molecule has 3 rings (SSSR count). The van der Waals surface area contributed by atoms with E-state index in [1.165, 1.54) is 18.4 Å². The van der Waals surface area contributed by atoms with Gasteiger partial charge in [0.1, 0.15) is 5.82 Å². The van der Waals surface area contributed by atoms with Gasteiger partial charge in [-0.1, -0.05) is 0 Å². The van der Waals surface area contributed by atoms with Gasteiger partial charge < -0.3 is 15.0 Å². The van der Waals surface area contributed by atoms with Crippen molar-refractivity contribution < 1.29 is 4.74 Å². The number of hydrogen-bond acceptors (Lipinski definition) is 4. The van der Waals surface area contributed by atoms with Gasteiger partial charge in [0.25, 0.3) is 0 Å². The van der Waals surface area contributed by atoms with Gasteiger partial charge in [0.2, 0.25) is 0 Å². The standard InChI is InChI=1S/C17H27N3O/c1-12-7-13(9-18-17(2,3)4)8-16(19-12)20-10-14-5-6-15(11-20)21-14/h7-8,14-15,18H,5-6,9-11H2,1-4H3. The summed E-state index contributed by atoms with van der Waals surface area (Å²) < 4.78 is 5.92. The molecule has 2 unspecified atom stereocenters. The van der Waals surface area contributed by atoms with Crippen LogP contribution >= 0.6 is 0 Å². The summed E-state index contributed by atoms with van der Waals surface area (Å²) in [6.45, 7) is 11.5. The summed E-state index contributed by atoms with van der Waals surface area (Å²) in [7, 11) is 0. The van der Waals surface area contributed by atoms with Crippen molar-refractivity contribution in [1.29, 1.82) is 0 Å². The predicted octanol–water partition coefficient (Wildman–Crippen LogP) is 2.65. The summed E-state index contributed by atoms with van der Waals surface area (Å²) in [5.74, 6) is 1.11. The highest BCUT2D eigenvalue weighted by atomic mass is 16.5. The number of aromatic nitrogens is 1. The van der Waals surface area contributed by atoms with Crippen LogP contribution in [-0.2, 0) is 11.3 Å². The quantitative estimate of drug-likeness (QED) is 0.928. The Kier molecular flexibility index (Phi) is 3.93. The maximum atomic E-state index is 5.92.